The Labute approximate surface area is 117 Å². The normalized spacial score (nSPS) is 12.9. The van der Waals surface area contributed by atoms with E-state index >= 15 is 0 Å². The molecule has 2 aromatic rings. The number of nitrogens with zero attached hydrogens (tertiary/aromatic N) is 1. The van der Waals surface area contributed by atoms with Crippen LogP contribution in [0.3, 0.4) is 0 Å². The summed E-state index contributed by atoms with van der Waals surface area (Å²) in [6, 6.07) is 12.2. The average molecular weight is 281 g/mol. The number of hydrogen-bond acceptors (Lipinski definition) is 3. The topological polar surface area (TPSA) is 29.3 Å². The van der Waals surface area contributed by atoms with Crippen LogP contribution in [0.25, 0.3) is 0 Å². The second-order valence-electron chi connectivity index (χ2n) is 4.45. The molecule has 0 radical (unpaired) electrons. The molecule has 0 saturated heterocycles. The third-order valence-electron chi connectivity index (χ3n) is 2.78. The molecule has 0 bridgehead atoms. The summed E-state index contributed by atoms with van der Waals surface area (Å²) in [5.74, 6) is 0. The Hall–Kier alpha value is -0.870. The van der Waals surface area contributed by atoms with Crippen molar-refractivity contribution in [3.63, 3.8) is 0 Å². The predicted octanol–water partition coefficient (Wildman–Crippen LogP) is 3.53. The Balaban J connectivity index is 1.88. The monoisotopic (exact) mass is 280 g/mol. The van der Waals surface area contributed by atoms with Gasteiger partial charge in [0.2, 0.25) is 0 Å². The minimum Gasteiger partial charge on any atom is -0.322 e. The highest BCUT2D eigenvalue weighted by Gasteiger charge is 2.10. The summed E-state index contributed by atoms with van der Waals surface area (Å²) in [6.07, 6.45) is 0. The van der Waals surface area contributed by atoms with E-state index in [0.717, 1.165) is 18.1 Å². The molecule has 2 rings (SSSR count). The molecule has 0 amide bonds. The second kappa shape index (κ2) is 6.34. The van der Waals surface area contributed by atoms with E-state index in [9.17, 15) is 0 Å². The smallest absolute Gasteiger partial charge is 0.0519 e. The zero-order valence-electron chi connectivity index (χ0n) is 10.3. The van der Waals surface area contributed by atoms with Crippen molar-refractivity contribution in [2.45, 2.75) is 12.6 Å². The second-order valence-corrected chi connectivity index (χ2v) is 5.86. The Kier molecular flexibility index (Phi) is 4.78. The van der Waals surface area contributed by atoms with Crippen LogP contribution in [-0.4, -0.2) is 18.5 Å². The molecule has 2 N–H and O–H groups in total. The molecule has 1 heterocycles. The van der Waals surface area contributed by atoms with Gasteiger partial charge in [-0.1, -0.05) is 29.8 Å². The van der Waals surface area contributed by atoms with Gasteiger partial charge in [0.05, 0.1) is 6.04 Å². The zero-order valence-corrected chi connectivity index (χ0v) is 11.9. The molecular weight excluding hydrogens is 264 g/mol. The lowest BCUT2D eigenvalue weighted by atomic mass is 10.2. The van der Waals surface area contributed by atoms with E-state index in [0.29, 0.717) is 0 Å². The highest BCUT2D eigenvalue weighted by atomic mass is 35.5. The minimum absolute atomic E-state index is 0.0855. The van der Waals surface area contributed by atoms with E-state index in [1.54, 1.807) is 11.3 Å². The van der Waals surface area contributed by atoms with Crippen LogP contribution in [-0.2, 0) is 6.54 Å². The van der Waals surface area contributed by atoms with Crippen molar-refractivity contribution in [1.82, 2.24) is 4.90 Å². The quantitative estimate of drug-likeness (QED) is 0.908. The molecule has 1 unspecified atom stereocenters. The number of likely N-dealkylation sites (N-methyl/N-ethyl adjacent to an activating group) is 1. The lowest BCUT2D eigenvalue weighted by Gasteiger charge is -2.20. The van der Waals surface area contributed by atoms with Gasteiger partial charge in [0.15, 0.2) is 0 Å². The number of benzene rings is 1. The summed E-state index contributed by atoms with van der Waals surface area (Å²) in [4.78, 5) is 3.46. The molecule has 0 aliphatic rings. The average Bonchev–Trinajstić information content (AvgIpc) is 2.85. The molecule has 96 valence electrons. The van der Waals surface area contributed by atoms with Gasteiger partial charge >= 0.3 is 0 Å². The molecule has 1 aromatic heterocycles. The first kappa shape index (κ1) is 13.6. The van der Waals surface area contributed by atoms with Gasteiger partial charge in [0.1, 0.15) is 0 Å². The van der Waals surface area contributed by atoms with Gasteiger partial charge in [-0.3, -0.25) is 0 Å². The summed E-state index contributed by atoms with van der Waals surface area (Å²) in [7, 11) is 2.09. The first-order chi connectivity index (χ1) is 8.65. The van der Waals surface area contributed by atoms with E-state index in [-0.39, 0.29) is 6.04 Å². The van der Waals surface area contributed by atoms with Crippen molar-refractivity contribution in [1.29, 1.82) is 0 Å². The number of halogens is 1. The van der Waals surface area contributed by atoms with Crippen LogP contribution in [0.2, 0.25) is 5.02 Å². The summed E-state index contributed by atoms with van der Waals surface area (Å²) in [5, 5.41) is 2.84. The Morgan fingerprint density at radius 2 is 2.00 bits per heavy atom. The summed E-state index contributed by atoms with van der Waals surface area (Å²) in [5.41, 5.74) is 7.42. The molecule has 4 heteroatoms. The number of nitrogens with two attached hydrogens (primary N) is 1. The Morgan fingerprint density at radius 1 is 1.28 bits per heavy atom. The SMILES string of the molecule is CN(Cc1ccc(Cl)cc1)CC(N)c1cccs1. The molecule has 0 spiro atoms. The maximum atomic E-state index is 6.17. The summed E-state index contributed by atoms with van der Waals surface area (Å²) < 4.78 is 0. The standard InChI is InChI=1S/C14H17ClN2S/c1-17(9-11-4-6-12(15)7-5-11)10-13(16)14-3-2-8-18-14/h2-8,13H,9-10,16H2,1H3. The van der Waals surface area contributed by atoms with Gasteiger partial charge in [0, 0.05) is 23.0 Å². The van der Waals surface area contributed by atoms with E-state index in [1.807, 2.05) is 18.2 Å². The molecule has 0 aliphatic carbocycles. The van der Waals surface area contributed by atoms with Crippen LogP contribution in [0.1, 0.15) is 16.5 Å². The molecule has 1 atom stereocenters. The first-order valence-corrected chi connectivity index (χ1v) is 7.13. The highest BCUT2D eigenvalue weighted by molar-refractivity contribution is 7.10. The highest BCUT2D eigenvalue weighted by Crippen LogP contribution is 2.18. The maximum absolute atomic E-state index is 6.17. The van der Waals surface area contributed by atoms with Gasteiger partial charge < -0.3 is 10.6 Å². The molecular formula is C14H17ClN2S. The largest absolute Gasteiger partial charge is 0.322 e. The zero-order chi connectivity index (χ0) is 13.0. The van der Waals surface area contributed by atoms with Gasteiger partial charge in [-0.15, -0.1) is 11.3 Å². The number of rotatable bonds is 5. The van der Waals surface area contributed by atoms with Crippen LogP contribution in [0, 0.1) is 0 Å². The van der Waals surface area contributed by atoms with Crippen molar-refractivity contribution in [2.24, 2.45) is 5.73 Å². The number of hydrogen-bond donors (Lipinski definition) is 1. The van der Waals surface area contributed by atoms with Crippen molar-refractivity contribution < 1.29 is 0 Å². The van der Waals surface area contributed by atoms with E-state index in [1.165, 1.54) is 10.4 Å². The molecule has 1 aromatic carbocycles. The third-order valence-corrected chi connectivity index (χ3v) is 4.04. The van der Waals surface area contributed by atoms with Crippen molar-refractivity contribution in [3.05, 3.63) is 57.2 Å². The Morgan fingerprint density at radius 3 is 2.61 bits per heavy atom. The van der Waals surface area contributed by atoms with Gasteiger partial charge in [-0.25, -0.2) is 0 Å². The fourth-order valence-corrected chi connectivity index (χ4v) is 2.74. The van der Waals surface area contributed by atoms with Crippen LogP contribution in [0.15, 0.2) is 41.8 Å². The van der Waals surface area contributed by atoms with Crippen molar-refractivity contribution in [2.75, 3.05) is 13.6 Å². The molecule has 18 heavy (non-hydrogen) atoms. The summed E-state index contributed by atoms with van der Waals surface area (Å²) in [6.45, 7) is 1.74. The summed E-state index contributed by atoms with van der Waals surface area (Å²) >= 11 is 7.58. The van der Waals surface area contributed by atoms with E-state index in [2.05, 4.69) is 35.5 Å². The fourth-order valence-electron chi connectivity index (χ4n) is 1.89. The van der Waals surface area contributed by atoms with Crippen molar-refractivity contribution in [3.8, 4) is 0 Å². The van der Waals surface area contributed by atoms with Crippen LogP contribution >= 0.6 is 22.9 Å². The third kappa shape index (κ3) is 3.82. The van der Waals surface area contributed by atoms with Crippen LogP contribution < -0.4 is 5.73 Å². The first-order valence-electron chi connectivity index (χ1n) is 5.87. The van der Waals surface area contributed by atoms with Crippen LogP contribution in [0.5, 0.6) is 0 Å². The molecule has 0 aliphatic heterocycles. The lowest BCUT2D eigenvalue weighted by Crippen LogP contribution is -2.28. The predicted molar refractivity (Wildman–Crippen MR) is 79.0 cm³/mol. The molecule has 0 saturated carbocycles. The minimum atomic E-state index is 0.0855. The van der Waals surface area contributed by atoms with Crippen LogP contribution in [0.4, 0.5) is 0 Å². The molecule has 2 nitrogen and oxygen atoms in total. The van der Waals surface area contributed by atoms with Crippen molar-refractivity contribution >= 4 is 22.9 Å². The maximum Gasteiger partial charge on any atom is 0.0519 e. The number of thiophene rings is 1. The fraction of sp³-hybridized carbons (Fsp3) is 0.286. The van der Waals surface area contributed by atoms with Gasteiger partial charge in [-0.2, -0.15) is 0 Å². The molecule has 0 fully saturated rings. The lowest BCUT2D eigenvalue weighted by molar-refractivity contribution is 0.306. The van der Waals surface area contributed by atoms with Gasteiger partial charge in [0.25, 0.3) is 0 Å². The van der Waals surface area contributed by atoms with Gasteiger partial charge in [-0.05, 0) is 36.2 Å². The Bertz CT molecular complexity index is 467. The van der Waals surface area contributed by atoms with E-state index < -0.39 is 0 Å². The van der Waals surface area contributed by atoms with E-state index in [4.69, 9.17) is 17.3 Å².